The summed E-state index contributed by atoms with van der Waals surface area (Å²) in [5, 5.41) is 2.70. The lowest BCUT2D eigenvalue weighted by atomic mass is 10.9. The van der Waals surface area contributed by atoms with Crippen LogP contribution in [0.2, 0.25) is 0 Å². The van der Waals surface area contributed by atoms with E-state index in [0.717, 1.165) is 0 Å². The summed E-state index contributed by atoms with van der Waals surface area (Å²) >= 11 is 0. The second-order valence-corrected chi connectivity index (χ2v) is 0.931. The molecule has 0 amide bonds. The van der Waals surface area contributed by atoms with Crippen molar-refractivity contribution in [3.8, 4) is 0 Å². The van der Waals surface area contributed by atoms with Gasteiger partial charge in [0.2, 0.25) is 0 Å². The van der Waals surface area contributed by atoms with Gasteiger partial charge in [0, 0.05) is 0 Å². The summed E-state index contributed by atoms with van der Waals surface area (Å²) in [6.07, 6.45) is 3.24. The summed E-state index contributed by atoms with van der Waals surface area (Å²) in [5.74, 6) is 0. The lowest BCUT2D eigenvalue weighted by molar-refractivity contribution is 1.04. The molecule has 0 aliphatic carbocycles. The molecule has 0 radical (unpaired) electrons. The first kappa shape index (κ1) is 11.9. The van der Waals surface area contributed by atoms with Crippen LogP contribution in [0.3, 0.4) is 0 Å². The van der Waals surface area contributed by atoms with Crippen molar-refractivity contribution >= 4 is 12.7 Å². The maximum Gasteiger partial charge on any atom is 0.132 e. The van der Waals surface area contributed by atoms with E-state index in [9.17, 15) is 0 Å². The summed E-state index contributed by atoms with van der Waals surface area (Å²) in [7, 11) is 0. The van der Waals surface area contributed by atoms with Gasteiger partial charge in [-0.1, -0.05) is 27.7 Å². The van der Waals surface area contributed by atoms with Crippen molar-refractivity contribution in [3.05, 3.63) is 0 Å². The topological polar surface area (TPSA) is 36.8 Å². The van der Waals surface area contributed by atoms with Gasteiger partial charge in [0.1, 0.15) is 6.67 Å². The molecule has 3 nitrogen and oxygen atoms in total. The number of nitrogens with zero attached hydrogens (tertiary/aromatic N) is 2. The molecule has 0 saturated heterocycles. The molecule has 1 heterocycles. The highest BCUT2D eigenvalue weighted by molar-refractivity contribution is 5.76. The van der Waals surface area contributed by atoms with Crippen molar-refractivity contribution in [1.29, 1.82) is 0 Å². The predicted molar refractivity (Wildman–Crippen MR) is 47.7 cm³/mol. The Balaban J connectivity index is 0. The third kappa shape index (κ3) is 10.2. The van der Waals surface area contributed by atoms with Crippen LogP contribution in [0.25, 0.3) is 0 Å². The maximum absolute atomic E-state index is 3.74. The van der Waals surface area contributed by atoms with Crippen molar-refractivity contribution in [2.24, 2.45) is 9.98 Å². The van der Waals surface area contributed by atoms with Crippen molar-refractivity contribution in [3.63, 3.8) is 0 Å². The van der Waals surface area contributed by atoms with Crippen LogP contribution in [-0.2, 0) is 0 Å². The number of hydrogen-bond acceptors (Lipinski definition) is 3. The summed E-state index contributed by atoms with van der Waals surface area (Å²) < 4.78 is 0. The minimum absolute atomic E-state index is 0.576. The molecule has 60 valence electrons. The van der Waals surface area contributed by atoms with Crippen LogP contribution in [-0.4, -0.2) is 19.3 Å². The fourth-order valence-electron chi connectivity index (χ4n) is 0.268. The first-order valence-electron chi connectivity index (χ1n) is 3.73. The number of aliphatic imine (C=N–C) groups is 2. The number of nitrogens with one attached hydrogen (secondary N) is 1. The van der Waals surface area contributed by atoms with E-state index < -0.39 is 0 Å². The van der Waals surface area contributed by atoms with Crippen LogP contribution in [0.1, 0.15) is 27.7 Å². The van der Waals surface area contributed by atoms with Gasteiger partial charge in [0.25, 0.3) is 0 Å². The Morgan fingerprint density at radius 2 is 1.40 bits per heavy atom. The second-order valence-electron chi connectivity index (χ2n) is 0.931. The second kappa shape index (κ2) is 15.7. The van der Waals surface area contributed by atoms with Gasteiger partial charge in [-0.25, -0.2) is 0 Å². The van der Waals surface area contributed by atoms with Gasteiger partial charge in [-0.2, -0.15) is 0 Å². The van der Waals surface area contributed by atoms with E-state index in [4.69, 9.17) is 0 Å². The molecule has 0 aromatic heterocycles. The van der Waals surface area contributed by atoms with Crippen LogP contribution >= 0.6 is 0 Å². The zero-order chi connectivity index (χ0) is 8.24. The standard InChI is InChI=1S/C3H5N3.2C2H6/c1-4-2-6-3-5-1;2*1-2/h1-2H,3H2,(H,4,5,6);2*1-2H3. The Labute approximate surface area is 63.3 Å². The molecule has 0 unspecified atom stereocenters. The molecule has 1 aliphatic heterocycles. The average molecular weight is 143 g/mol. The summed E-state index contributed by atoms with van der Waals surface area (Å²) in [4.78, 5) is 7.49. The molecule has 0 atom stereocenters. The fourth-order valence-corrected chi connectivity index (χ4v) is 0.268. The molecule has 0 spiro atoms. The fraction of sp³-hybridized carbons (Fsp3) is 0.714. The minimum atomic E-state index is 0.576. The van der Waals surface area contributed by atoms with E-state index in [2.05, 4.69) is 15.3 Å². The quantitative estimate of drug-likeness (QED) is 0.550. The Kier molecular flexibility index (Phi) is 18.7. The highest BCUT2D eigenvalue weighted by Crippen LogP contribution is 1.69. The van der Waals surface area contributed by atoms with Gasteiger partial charge in [0.15, 0.2) is 0 Å². The largest absolute Gasteiger partial charge is 0.338 e. The molecular formula is C7H17N3. The zero-order valence-electron chi connectivity index (χ0n) is 7.26. The summed E-state index contributed by atoms with van der Waals surface area (Å²) in [5.41, 5.74) is 0. The smallest absolute Gasteiger partial charge is 0.132 e. The molecule has 10 heavy (non-hydrogen) atoms. The Hall–Kier alpha value is -0.860. The molecule has 0 saturated carbocycles. The molecule has 1 N–H and O–H groups in total. The van der Waals surface area contributed by atoms with Gasteiger partial charge < -0.3 is 5.32 Å². The normalized spacial score (nSPS) is 11.6. The SMILES string of the molecule is C1=NCN=CN1.CC.CC. The lowest BCUT2D eigenvalue weighted by Gasteiger charge is -1.91. The average Bonchev–Trinajstić information content (AvgIpc) is 2.14. The van der Waals surface area contributed by atoms with E-state index in [0.29, 0.717) is 6.67 Å². The third-order valence-corrected chi connectivity index (χ3v) is 0.495. The van der Waals surface area contributed by atoms with Crippen LogP contribution < -0.4 is 5.32 Å². The van der Waals surface area contributed by atoms with E-state index in [-0.39, 0.29) is 0 Å². The number of hydrogen-bond donors (Lipinski definition) is 1. The highest BCUT2D eigenvalue weighted by atomic mass is 15.1. The van der Waals surface area contributed by atoms with Gasteiger partial charge in [-0.15, -0.1) is 0 Å². The molecule has 1 rings (SSSR count). The molecule has 0 fully saturated rings. The monoisotopic (exact) mass is 143 g/mol. The first-order valence-corrected chi connectivity index (χ1v) is 3.73. The van der Waals surface area contributed by atoms with Crippen LogP contribution in [0.4, 0.5) is 0 Å². The van der Waals surface area contributed by atoms with Gasteiger partial charge in [-0.3, -0.25) is 9.98 Å². The van der Waals surface area contributed by atoms with Crippen LogP contribution in [0.15, 0.2) is 9.98 Å². The van der Waals surface area contributed by atoms with E-state index >= 15 is 0 Å². The Morgan fingerprint density at radius 3 is 1.50 bits per heavy atom. The van der Waals surface area contributed by atoms with Crippen LogP contribution in [0.5, 0.6) is 0 Å². The van der Waals surface area contributed by atoms with Gasteiger partial charge >= 0.3 is 0 Å². The summed E-state index contributed by atoms with van der Waals surface area (Å²) in [6, 6.07) is 0. The molecular weight excluding hydrogens is 126 g/mol. The van der Waals surface area contributed by atoms with Crippen molar-refractivity contribution < 1.29 is 0 Å². The third-order valence-electron chi connectivity index (χ3n) is 0.495. The van der Waals surface area contributed by atoms with Crippen molar-refractivity contribution in [2.75, 3.05) is 6.67 Å². The molecule has 0 aromatic rings. The number of rotatable bonds is 0. The summed E-state index contributed by atoms with van der Waals surface area (Å²) in [6.45, 7) is 8.58. The van der Waals surface area contributed by atoms with Crippen molar-refractivity contribution in [1.82, 2.24) is 5.32 Å². The molecule has 3 heteroatoms. The Bertz CT molecular complexity index is 66.9. The van der Waals surface area contributed by atoms with Gasteiger partial charge in [-0.05, 0) is 0 Å². The first-order chi connectivity index (χ1) is 5.00. The predicted octanol–water partition coefficient (Wildman–Crippen LogP) is 1.66. The van der Waals surface area contributed by atoms with E-state index in [1.54, 1.807) is 12.7 Å². The van der Waals surface area contributed by atoms with E-state index in [1.807, 2.05) is 27.7 Å². The zero-order valence-corrected chi connectivity index (χ0v) is 7.26. The lowest BCUT2D eigenvalue weighted by Crippen LogP contribution is -2.11. The minimum Gasteiger partial charge on any atom is -0.338 e. The maximum atomic E-state index is 3.74. The highest BCUT2D eigenvalue weighted by Gasteiger charge is 1.74. The molecule has 0 bridgehead atoms. The van der Waals surface area contributed by atoms with Gasteiger partial charge in [0.05, 0.1) is 12.7 Å². The van der Waals surface area contributed by atoms with E-state index in [1.165, 1.54) is 0 Å². The van der Waals surface area contributed by atoms with Crippen LogP contribution in [0, 0.1) is 0 Å². The van der Waals surface area contributed by atoms with Crippen molar-refractivity contribution in [2.45, 2.75) is 27.7 Å². The molecule has 1 aliphatic rings. The molecule has 0 aromatic carbocycles. The Morgan fingerprint density at radius 1 is 1.00 bits per heavy atom.